The number of piperazine rings is 1. The summed E-state index contributed by atoms with van der Waals surface area (Å²) in [5, 5.41) is 0. The molecule has 88 valence electrons. The summed E-state index contributed by atoms with van der Waals surface area (Å²) in [4.78, 5) is 4.11. The van der Waals surface area contributed by atoms with Gasteiger partial charge in [-0.05, 0) is 19.1 Å². The third-order valence-corrected chi connectivity index (χ3v) is 3.44. The average Bonchev–Trinajstić information content (AvgIpc) is 2.30. The molecule has 1 aromatic rings. The van der Waals surface area contributed by atoms with Gasteiger partial charge in [-0.25, -0.2) is 0 Å². The maximum absolute atomic E-state index is 4.04. The fourth-order valence-electron chi connectivity index (χ4n) is 2.16. The van der Waals surface area contributed by atoms with Gasteiger partial charge in [-0.2, -0.15) is 0 Å². The Morgan fingerprint density at radius 1 is 1.19 bits per heavy atom. The normalized spacial score (nSPS) is 19.8. The minimum absolute atomic E-state index is 0.381. The first-order valence-corrected chi connectivity index (χ1v) is 6.16. The Morgan fingerprint density at radius 2 is 1.75 bits per heavy atom. The molecule has 1 saturated heterocycles. The van der Waals surface area contributed by atoms with Crippen LogP contribution in [-0.2, 0) is 0 Å². The van der Waals surface area contributed by atoms with E-state index in [0.29, 0.717) is 6.04 Å². The monoisotopic (exact) mass is 221 g/mol. The molecule has 0 bridgehead atoms. The van der Waals surface area contributed by atoms with E-state index in [1.165, 1.54) is 37.4 Å². The van der Waals surface area contributed by atoms with Crippen LogP contribution in [-0.4, -0.2) is 33.2 Å². The Kier molecular flexibility index (Phi) is 3.46. The summed E-state index contributed by atoms with van der Waals surface area (Å²) in [6, 6.07) is 9.26. The van der Waals surface area contributed by atoms with Crippen LogP contribution in [0.15, 0.2) is 24.3 Å². The number of quaternary nitrogens is 2. The predicted octanol–water partition coefficient (Wildman–Crippen LogP) is -0.676. The Balaban J connectivity index is 2.04. The molecule has 0 unspecified atom stereocenters. The molecule has 2 rings (SSSR count). The van der Waals surface area contributed by atoms with Gasteiger partial charge in [0.2, 0.25) is 0 Å². The molecule has 1 atom stereocenters. The molecule has 1 heterocycles. The van der Waals surface area contributed by atoms with Crippen molar-refractivity contribution in [1.82, 2.24) is 0 Å². The second-order valence-electron chi connectivity index (χ2n) is 4.94. The van der Waals surface area contributed by atoms with Gasteiger partial charge in [-0.3, -0.25) is 0 Å². The minimum atomic E-state index is 0.381. The summed E-state index contributed by atoms with van der Waals surface area (Å²) in [6.07, 6.45) is 0. The van der Waals surface area contributed by atoms with Crippen molar-refractivity contribution < 1.29 is 10.6 Å². The van der Waals surface area contributed by atoms with E-state index in [9.17, 15) is 0 Å². The molecule has 0 amide bonds. The van der Waals surface area contributed by atoms with Crippen molar-refractivity contribution in [3.63, 3.8) is 0 Å². The van der Waals surface area contributed by atoms with Crippen molar-refractivity contribution in [3.8, 4) is 0 Å². The molecule has 0 aliphatic carbocycles. The zero-order valence-corrected chi connectivity index (χ0v) is 10.4. The van der Waals surface area contributed by atoms with Gasteiger partial charge in [0.1, 0.15) is 6.04 Å². The van der Waals surface area contributed by atoms with Gasteiger partial charge in [0.25, 0.3) is 0 Å². The smallest absolute Gasteiger partial charge is 0.107 e. The fourth-order valence-corrected chi connectivity index (χ4v) is 2.16. The average molecular weight is 221 g/mol. The Bertz CT molecular complexity index is 324. The molecule has 3 nitrogen and oxygen atoms in total. The van der Waals surface area contributed by atoms with E-state index < -0.39 is 0 Å². The predicted molar refractivity (Wildman–Crippen MR) is 66.6 cm³/mol. The van der Waals surface area contributed by atoms with Crippen LogP contribution in [0, 0.1) is 0 Å². The van der Waals surface area contributed by atoms with Crippen LogP contribution in [0.3, 0.4) is 0 Å². The molecule has 16 heavy (non-hydrogen) atoms. The first-order valence-electron chi connectivity index (χ1n) is 6.16. The summed E-state index contributed by atoms with van der Waals surface area (Å²) in [5.74, 6) is 0. The van der Waals surface area contributed by atoms with Crippen LogP contribution < -0.4 is 15.5 Å². The third kappa shape index (κ3) is 2.54. The van der Waals surface area contributed by atoms with Gasteiger partial charge in [0.15, 0.2) is 0 Å². The van der Waals surface area contributed by atoms with E-state index in [4.69, 9.17) is 0 Å². The van der Waals surface area contributed by atoms with Crippen LogP contribution in [0.4, 0.5) is 5.69 Å². The molecular formula is C13H23N3+2. The van der Waals surface area contributed by atoms with E-state index in [1.807, 2.05) is 0 Å². The van der Waals surface area contributed by atoms with Gasteiger partial charge >= 0.3 is 0 Å². The van der Waals surface area contributed by atoms with Crippen molar-refractivity contribution in [2.75, 3.05) is 38.1 Å². The number of hydrogen-bond acceptors (Lipinski definition) is 1. The molecule has 1 aromatic carbocycles. The second-order valence-corrected chi connectivity index (χ2v) is 4.94. The Labute approximate surface area is 97.8 Å². The molecule has 3 heteroatoms. The lowest BCUT2D eigenvalue weighted by atomic mass is 10.1. The molecule has 0 aromatic heterocycles. The Morgan fingerprint density at radius 3 is 2.25 bits per heavy atom. The molecule has 0 radical (unpaired) electrons. The molecule has 0 spiro atoms. The lowest BCUT2D eigenvalue weighted by Gasteiger charge is -2.31. The van der Waals surface area contributed by atoms with Gasteiger partial charge < -0.3 is 15.5 Å². The highest BCUT2D eigenvalue weighted by atomic mass is 15.2. The summed E-state index contributed by atoms with van der Waals surface area (Å²) in [6.45, 7) is 6.96. The quantitative estimate of drug-likeness (QED) is 0.682. The number of likely N-dealkylation sites (N-methyl/N-ethyl adjacent to an activating group) is 1. The first kappa shape index (κ1) is 11.4. The highest BCUT2D eigenvalue weighted by Crippen LogP contribution is 2.17. The Hall–Kier alpha value is -1.06. The minimum Gasteiger partial charge on any atom is -0.360 e. The zero-order chi connectivity index (χ0) is 11.5. The van der Waals surface area contributed by atoms with Crippen LogP contribution >= 0.6 is 0 Å². The maximum atomic E-state index is 4.04. The van der Waals surface area contributed by atoms with E-state index in [2.05, 4.69) is 48.9 Å². The largest absolute Gasteiger partial charge is 0.360 e. The van der Waals surface area contributed by atoms with Crippen molar-refractivity contribution in [3.05, 3.63) is 29.8 Å². The molecule has 1 fully saturated rings. The molecule has 4 N–H and O–H groups in total. The van der Waals surface area contributed by atoms with E-state index in [0.717, 1.165) is 0 Å². The number of nitrogens with one attached hydrogen (secondary N) is 1. The van der Waals surface area contributed by atoms with Crippen LogP contribution in [0.1, 0.15) is 18.5 Å². The first-order chi connectivity index (χ1) is 7.66. The lowest BCUT2D eigenvalue weighted by molar-refractivity contribution is -0.880. The number of nitrogens with zero attached hydrogens (tertiary/aromatic N) is 1. The second kappa shape index (κ2) is 4.85. The summed E-state index contributed by atoms with van der Waals surface area (Å²) >= 11 is 0. The highest BCUT2D eigenvalue weighted by Gasteiger charge is 2.16. The van der Waals surface area contributed by atoms with Crippen molar-refractivity contribution in [2.45, 2.75) is 13.0 Å². The van der Waals surface area contributed by atoms with E-state index in [1.54, 1.807) is 4.90 Å². The van der Waals surface area contributed by atoms with Crippen LogP contribution in [0.2, 0.25) is 0 Å². The van der Waals surface area contributed by atoms with Crippen molar-refractivity contribution in [2.24, 2.45) is 0 Å². The number of anilines is 1. The van der Waals surface area contributed by atoms with Crippen molar-refractivity contribution in [1.29, 1.82) is 0 Å². The maximum Gasteiger partial charge on any atom is 0.107 e. The zero-order valence-electron chi connectivity index (χ0n) is 10.4. The number of benzene rings is 1. The standard InChI is InChI=1S/C13H21N3/c1-11(14)12-3-5-13(6-4-12)16-9-7-15(2)8-10-16/h3-6,11H,7-10,14H2,1-2H3/p+2/t11-/m1/s1. The van der Waals surface area contributed by atoms with Gasteiger partial charge in [0, 0.05) is 11.3 Å². The van der Waals surface area contributed by atoms with Gasteiger partial charge in [0.05, 0.1) is 33.2 Å². The summed E-state index contributed by atoms with van der Waals surface area (Å²) in [7, 11) is 2.27. The van der Waals surface area contributed by atoms with Crippen LogP contribution in [0.25, 0.3) is 0 Å². The van der Waals surface area contributed by atoms with Gasteiger partial charge in [-0.15, -0.1) is 0 Å². The fraction of sp³-hybridized carbons (Fsp3) is 0.538. The SMILES string of the molecule is C[C@@H]([NH3+])c1ccc(N2CC[NH+](C)CC2)cc1. The third-order valence-electron chi connectivity index (χ3n) is 3.44. The summed E-state index contributed by atoms with van der Waals surface area (Å²) < 4.78 is 0. The number of rotatable bonds is 2. The molecule has 0 saturated carbocycles. The summed E-state index contributed by atoms with van der Waals surface area (Å²) in [5.41, 5.74) is 6.72. The molecular weight excluding hydrogens is 198 g/mol. The van der Waals surface area contributed by atoms with E-state index in [-0.39, 0.29) is 0 Å². The topological polar surface area (TPSA) is 35.3 Å². The molecule has 1 aliphatic heterocycles. The highest BCUT2D eigenvalue weighted by molar-refractivity contribution is 5.48. The van der Waals surface area contributed by atoms with Gasteiger partial charge in [-0.1, -0.05) is 12.1 Å². The lowest BCUT2D eigenvalue weighted by Crippen LogP contribution is -3.12. The number of hydrogen-bond donors (Lipinski definition) is 2. The van der Waals surface area contributed by atoms with Crippen LogP contribution in [0.5, 0.6) is 0 Å². The van der Waals surface area contributed by atoms with E-state index >= 15 is 0 Å². The molecule has 1 aliphatic rings. The van der Waals surface area contributed by atoms with Crippen molar-refractivity contribution >= 4 is 5.69 Å².